The van der Waals surface area contributed by atoms with Crippen LogP contribution in [0.15, 0.2) is 41.5 Å². The summed E-state index contributed by atoms with van der Waals surface area (Å²) in [5.41, 5.74) is 1.33. The summed E-state index contributed by atoms with van der Waals surface area (Å²) >= 11 is 0. The third kappa shape index (κ3) is 3.57. The molecule has 1 amide bonds. The van der Waals surface area contributed by atoms with Gasteiger partial charge in [0, 0.05) is 19.4 Å². The monoisotopic (exact) mass is 357 g/mol. The minimum Gasteiger partial charge on any atom is -0.481 e. The number of amides is 1. The lowest BCUT2D eigenvalue weighted by molar-refractivity contribution is -0.116. The van der Waals surface area contributed by atoms with Gasteiger partial charge in [-0.05, 0) is 18.2 Å². The highest BCUT2D eigenvalue weighted by molar-refractivity contribution is 5.91. The van der Waals surface area contributed by atoms with Crippen molar-refractivity contribution < 1.29 is 14.3 Å². The highest BCUT2D eigenvalue weighted by Gasteiger charge is 2.16. The third-order valence-corrected chi connectivity index (χ3v) is 3.82. The van der Waals surface area contributed by atoms with E-state index in [1.54, 1.807) is 37.6 Å². The zero-order valence-electron chi connectivity index (χ0n) is 14.5. The smallest absolute Gasteiger partial charge is 0.330 e. The molecule has 26 heavy (non-hydrogen) atoms. The van der Waals surface area contributed by atoms with E-state index in [1.807, 2.05) is 0 Å². The van der Waals surface area contributed by atoms with Crippen LogP contribution in [0.2, 0.25) is 0 Å². The van der Waals surface area contributed by atoms with E-state index in [-0.39, 0.29) is 18.1 Å². The average molecular weight is 357 g/mol. The van der Waals surface area contributed by atoms with Gasteiger partial charge >= 0.3 is 5.69 Å². The van der Waals surface area contributed by atoms with Crippen LogP contribution >= 0.6 is 0 Å². The molecule has 0 aliphatic carbocycles. The van der Waals surface area contributed by atoms with E-state index < -0.39 is 0 Å². The Hall–Kier alpha value is -3.20. The van der Waals surface area contributed by atoms with Crippen LogP contribution in [0.25, 0.3) is 11.2 Å². The number of carbonyl (C=O) groups excluding carboxylic acids is 1. The first-order valence-corrected chi connectivity index (χ1v) is 7.97. The standard InChI is InChI=1S/C17H19N5O4/c1-25-9-8-21-16-13(4-3-7-18-16)22(17(21)24)11-14(23)20-12-5-6-15(26-2)19-10-12/h3-7,10H,8-9,11H2,1-2H3,(H,20,23). The number of hydrogen-bond acceptors (Lipinski definition) is 6. The van der Waals surface area contributed by atoms with E-state index in [0.717, 1.165) is 0 Å². The maximum absolute atomic E-state index is 12.7. The van der Waals surface area contributed by atoms with Crippen molar-refractivity contribution in [1.29, 1.82) is 0 Å². The number of ether oxygens (including phenoxy) is 2. The number of rotatable bonds is 7. The van der Waals surface area contributed by atoms with Crippen molar-refractivity contribution in [1.82, 2.24) is 19.1 Å². The molecule has 1 N–H and O–H groups in total. The first-order valence-electron chi connectivity index (χ1n) is 7.97. The van der Waals surface area contributed by atoms with E-state index in [2.05, 4.69) is 15.3 Å². The van der Waals surface area contributed by atoms with Gasteiger partial charge in [0.1, 0.15) is 6.54 Å². The molecule has 0 fully saturated rings. The predicted molar refractivity (Wildman–Crippen MR) is 95.3 cm³/mol. The Kier molecular flexibility index (Phi) is 5.28. The number of nitrogens with one attached hydrogen (secondary N) is 1. The van der Waals surface area contributed by atoms with Gasteiger partial charge in [-0.1, -0.05) is 0 Å². The van der Waals surface area contributed by atoms with E-state index in [9.17, 15) is 9.59 Å². The molecule has 3 heterocycles. The molecule has 0 saturated heterocycles. The lowest BCUT2D eigenvalue weighted by Gasteiger charge is -2.06. The molecule has 0 bridgehead atoms. The summed E-state index contributed by atoms with van der Waals surface area (Å²) in [5, 5.41) is 2.71. The minimum atomic E-state index is -0.339. The van der Waals surface area contributed by atoms with Gasteiger partial charge in [-0.25, -0.2) is 14.8 Å². The van der Waals surface area contributed by atoms with Crippen molar-refractivity contribution in [2.75, 3.05) is 26.1 Å². The normalized spacial score (nSPS) is 10.8. The van der Waals surface area contributed by atoms with Crippen LogP contribution in [-0.2, 0) is 22.6 Å². The third-order valence-electron chi connectivity index (χ3n) is 3.82. The largest absolute Gasteiger partial charge is 0.481 e. The highest BCUT2D eigenvalue weighted by Crippen LogP contribution is 2.12. The van der Waals surface area contributed by atoms with Gasteiger partial charge in [0.2, 0.25) is 11.8 Å². The van der Waals surface area contributed by atoms with Gasteiger partial charge in [-0.15, -0.1) is 0 Å². The molecule has 3 rings (SSSR count). The number of aromatic nitrogens is 4. The SMILES string of the molecule is COCCn1c(=O)n(CC(=O)Nc2ccc(OC)nc2)c2cccnc21. The van der Waals surface area contributed by atoms with Crippen molar-refractivity contribution in [3.05, 3.63) is 47.1 Å². The van der Waals surface area contributed by atoms with Gasteiger partial charge < -0.3 is 14.8 Å². The van der Waals surface area contributed by atoms with Crippen LogP contribution in [0.3, 0.4) is 0 Å². The van der Waals surface area contributed by atoms with Gasteiger partial charge in [0.15, 0.2) is 5.65 Å². The van der Waals surface area contributed by atoms with Crippen molar-refractivity contribution in [2.45, 2.75) is 13.1 Å². The van der Waals surface area contributed by atoms with Crippen LogP contribution in [-0.4, -0.2) is 45.8 Å². The summed E-state index contributed by atoms with van der Waals surface area (Å²) in [6.07, 6.45) is 3.10. The maximum atomic E-state index is 12.7. The Bertz CT molecular complexity index is 961. The molecule has 9 nitrogen and oxygen atoms in total. The number of anilines is 1. The topological polar surface area (TPSA) is 100 Å². The van der Waals surface area contributed by atoms with E-state index in [4.69, 9.17) is 9.47 Å². The predicted octanol–water partition coefficient (Wildman–Crippen LogP) is 0.887. The number of carbonyl (C=O) groups is 1. The summed E-state index contributed by atoms with van der Waals surface area (Å²) in [6.45, 7) is 0.603. The van der Waals surface area contributed by atoms with E-state index in [1.165, 1.54) is 22.4 Å². The first-order chi connectivity index (χ1) is 12.6. The number of hydrogen-bond donors (Lipinski definition) is 1. The van der Waals surface area contributed by atoms with Gasteiger partial charge in [0.25, 0.3) is 0 Å². The van der Waals surface area contributed by atoms with Crippen molar-refractivity contribution in [3.63, 3.8) is 0 Å². The summed E-state index contributed by atoms with van der Waals surface area (Å²) in [6, 6.07) is 6.80. The number of nitrogens with zero attached hydrogens (tertiary/aromatic N) is 4. The fourth-order valence-corrected chi connectivity index (χ4v) is 2.60. The zero-order valence-corrected chi connectivity index (χ0v) is 14.5. The Morgan fingerprint density at radius 3 is 2.73 bits per heavy atom. The van der Waals surface area contributed by atoms with Crippen LogP contribution in [0, 0.1) is 0 Å². The minimum absolute atomic E-state index is 0.132. The first kappa shape index (κ1) is 17.6. The highest BCUT2D eigenvalue weighted by atomic mass is 16.5. The van der Waals surface area contributed by atoms with Gasteiger partial charge in [0.05, 0.1) is 37.7 Å². The maximum Gasteiger partial charge on any atom is 0.330 e. The second-order valence-electron chi connectivity index (χ2n) is 5.50. The second-order valence-corrected chi connectivity index (χ2v) is 5.50. The summed E-state index contributed by atoms with van der Waals surface area (Å²) in [7, 11) is 3.08. The molecule has 0 saturated carbocycles. The number of fused-ring (bicyclic) bond motifs is 1. The average Bonchev–Trinajstić information content (AvgIpc) is 2.92. The van der Waals surface area contributed by atoms with Crippen molar-refractivity contribution in [2.24, 2.45) is 0 Å². The van der Waals surface area contributed by atoms with Crippen LogP contribution in [0.4, 0.5) is 5.69 Å². The molecule has 0 radical (unpaired) electrons. The summed E-state index contributed by atoms with van der Waals surface area (Å²) in [5.74, 6) is 0.111. The molecule has 0 atom stereocenters. The molecule has 0 aromatic carbocycles. The van der Waals surface area contributed by atoms with Crippen molar-refractivity contribution >= 4 is 22.8 Å². The Morgan fingerprint density at radius 1 is 1.19 bits per heavy atom. The summed E-state index contributed by atoms with van der Waals surface area (Å²) in [4.78, 5) is 33.3. The second kappa shape index (κ2) is 7.79. The zero-order chi connectivity index (χ0) is 18.5. The lowest BCUT2D eigenvalue weighted by Crippen LogP contribution is -2.30. The van der Waals surface area contributed by atoms with Crippen LogP contribution < -0.4 is 15.7 Å². The quantitative estimate of drug-likeness (QED) is 0.674. The molecular formula is C17H19N5O4. The van der Waals surface area contributed by atoms with Crippen LogP contribution in [0.1, 0.15) is 0 Å². The Balaban J connectivity index is 1.84. The molecule has 0 spiro atoms. The molecule has 3 aromatic rings. The Labute approximate surface area is 149 Å². The molecular weight excluding hydrogens is 338 g/mol. The Morgan fingerprint density at radius 2 is 2.04 bits per heavy atom. The molecule has 3 aromatic heterocycles. The summed E-state index contributed by atoms with van der Waals surface area (Å²) < 4.78 is 12.9. The van der Waals surface area contributed by atoms with Gasteiger partial charge in [-0.2, -0.15) is 0 Å². The van der Waals surface area contributed by atoms with Gasteiger partial charge in [-0.3, -0.25) is 13.9 Å². The molecule has 136 valence electrons. The number of pyridine rings is 2. The lowest BCUT2D eigenvalue weighted by atomic mass is 10.4. The molecule has 0 unspecified atom stereocenters. The van der Waals surface area contributed by atoms with E-state index in [0.29, 0.717) is 35.9 Å². The molecule has 9 heteroatoms. The fourth-order valence-electron chi connectivity index (χ4n) is 2.60. The number of methoxy groups -OCH3 is 2. The fraction of sp³-hybridized carbons (Fsp3) is 0.294. The molecule has 0 aliphatic heterocycles. The molecule has 0 aliphatic rings. The van der Waals surface area contributed by atoms with Crippen molar-refractivity contribution in [3.8, 4) is 5.88 Å². The number of imidazole rings is 1. The van der Waals surface area contributed by atoms with Crippen LogP contribution in [0.5, 0.6) is 5.88 Å². The van der Waals surface area contributed by atoms with E-state index >= 15 is 0 Å².